The number of aliphatic carboxylic acids is 1. The highest BCUT2D eigenvalue weighted by atomic mass is 19.1. The molecule has 1 aromatic carbocycles. The molecule has 8 heteroatoms. The number of halogens is 2. The van der Waals surface area contributed by atoms with E-state index in [9.17, 15) is 28.3 Å². The molecule has 0 aliphatic carbocycles. The fraction of sp³-hybridized carbons (Fsp3) is 0.500. The Hall–Kier alpha value is -2.51. The molecule has 0 fully saturated rings. The van der Waals surface area contributed by atoms with E-state index < -0.39 is 53.3 Å². The zero-order valence-corrected chi connectivity index (χ0v) is 15.1. The van der Waals surface area contributed by atoms with Crippen LogP contribution in [0.25, 0.3) is 0 Å². The minimum Gasteiger partial charge on any atom is -0.480 e. The lowest BCUT2D eigenvalue weighted by Gasteiger charge is -2.30. The predicted molar refractivity (Wildman–Crippen MR) is 89.2 cm³/mol. The predicted octanol–water partition coefficient (Wildman–Crippen LogP) is 2.30. The molecule has 1 unspecified atom stereocenters. The molecule has 26 heavy (non-hydrogen) atoms. The number of hydrogen-bond donors (Lipinski definition) is 2. The molecule has 0 radical (unpaired) electrons. The summed E-state index contributed by atoms with van der Waals surface area (Å²) in [5.74, 6) is -5.05. The van der Waals surface area contributed by atoms with Crippen molar-refractivity contribution in [1.29, 1.82) is 0 Å². The number of methoxy groups -OCH3 is 1. The van der Waals surface area contributed by atoms with Crippen LogP contribution in [0.5, 0.6) is 0 Å². The van der Waals surface area contributed by atoms with Gasteiger partial charge in [-0.25, -0.2) is 13.6 Å². The lowest BCUT2D eigenvalue weighted by atomic mass is 9.77. The highest BCUT2D eigenvalue weighted by molar-refractivity contribution is 5.85. The fourth-order valence-corrected chi connectivity index (χ4v) is 2.55. The average molecular weight is 371 g/mol. The Labute approximate surface area is 150 Å². The SMILES string of the molecule is COC(=O)C(C[C@@H](NC(=O)Cc1cc(F)cc(F)c1)C(=O)O)C(C)(C)C. The van der Waals surface area contributed by atoms with Gasteiger partial charge in [0, 0.05) is 6.07 Å². The minimum atomic E-state index is -1.34. The van der Waals surface area contributed by atoms with Gasteiger partial charge in [0.15, 0.2) is 0 Å². The van der Waals surface area contributed by atoms with Crippen LogP contribution in [0.15, 0.2) is 18.2 Å². The van der Waals surface area contributed by atoms with Gasteiger partial charge in [0.25, 0.3) is 0 Å². The van der Waals surface area contributed by atoms with E-state index in [-0.39, 0.29) is 12.0 Å². The minimum absolute atomic E-state index is 0.0736. The van der Waals surface area contributed by atoms with Crippen molar-refractivity contribution in [3.05, 3.63) is 35.4 Å². The lowest BCUT2D eigenvalue weighted by molar-refractivity contribution is -0.151. The normalized spacial score (nSPS) is 13.6. The van der Waals surface area contributed by atoms with Gasteiger partial charge >= 0.3 is 11.9 Å². The smallest absolute Gasteiger partial charge is 0.326 e. The van der Waals surface area contributed by atoms with E-state index >= 15 is 0 Å². The summed E-state index contributed by atoms with van der Waals surface area (Å²) in [4.78, 5) is 35.5. The van der Waals surface area contributed by atoms with Gasteiger partial charge in [-0.3, -0.25) is 9.59 Å². The molecule has 1 rings (SSSR count). The number of esters is 1. The summed E-state index contributed by atoms with van der Waals surface area (Å²) in [6.07, 6.45) is -0.564. The first-order valence-electron chi connectivity index (χ1n) is 7.99. The Bertz CT molecular complexity index is 664. The van der Waals surface area contributed by atoms with Crippen LogP contribution in [0.3, 0.4) is 0 Å². The van der Waals surface area contributed by atoms with Gasteiger partial charge in [-0.15, -0.1) is 0 Å². The van der Waals surface area contributed by atoms with E-state index in [1.54, 1.807) is 20.8 Å². The van der Waals surface area contributed by atoms with Gasteiger partial charge in [-0.05, 0) is 29.5 Å². The molecule has 1 aromatic rings. The molecule has 0 saturated heterocycles. The summed E-state index contributed by atoms with van der Waals surface area (Å²) in [7, 11) is 1.20. The van der Waals surface area contributed by atoms with Gasteiger partial charge in [0.1, 0.15) is 17.7 Å². The van der Waals surface area contributed by atoms with E-state index in [1.807, 2.05) is 0 Å². The van der Waals surface area contributed by atoms with Crippen molar-refractivity contribution in [1.82, 2.24) is 5.32 Å². The molecule has 2 atom stereocenters. The fourth-order valence-electron chi connectivity index (χ4n) is 2.55. The number of amides is 1. The summed E-state index contributed by atoms with van der Waals surface area (Å²) in [6, 6.07) is 1.31. The van der Waals surface area contributed by atoms with Crippen molar-refractivity contribution in [3.63, 3.8) is 0 Å². The molecule has 1 amide bonds. The summed E-state index contributed by atoms with van der Waals surface area (Å²) in [6.45, 7) is 5.26. The molecule has 0 saturated carbocycles. The van der Waals surface area contributed by atoms with Gasteiger partial charge < -0.3 is 15.2 Å². The highest BCUT2D eigenvalue weighted by Crippen LogP contribution is 2.31. The van der Waals surface area contributed by atoms with Crippen molar-refractivity contribution in [2.75, 3.05) is 7.11 Å². The molecule has 0 aliphatic heterocycles. The van der Waals surface area contributed by atoms with Crippen LogP contribution in [0.4, 0.5) is 8.78 Å². The van der Waals surface area contributed by atoms with E-state index in [2.05, 4.69) is 5.32 Å². The molecule has 0 bridgehead atoms. The zero-order valence-electron chi connectivity index (χ0n) is 15.1. The number of ether oxygens (including phenoxy) is 1. The summed E-state index contributed by atoms with van der Waals surface area (Å²) >= 11 is 0. The summed E-state index contributed by atoms with van der Waals surface area (Å²) in [5, 5.41) is 11.7. The number of carbonyl (C=O) groups excluding carboxylic acids is 2. The van der Waals surface area contributed by atoms with Crippen molar-refractivity contribution in [2.45, 2.75) is 39.7 Å². The second-order valence-electron chi connectivity index (χ2n) is 7.09. The number of rotatable bonds is 7. The zero-order chi connectivity index (χ0) is 20.1. The maximum atomic E-state index is 13.2. The number of benzene rings is 1. The Morgan fingerprint density at radius 2 is 1.69 bits per heavy atom. The first-order valence-corrected chi connectivity index (χ1v) is 7.99. The Morgan fingerprint density at radius 3 is 2.12 bits per heavy atom. The van der Waals surface area contributed by atoms with Gasteiger partial charge in [-0.1, -0.05) is 20.8 Å². The van der Waals surface area contributed by atoms with Gasteiger partial charge in [0.2, 0.25) is 5.91 Å². The van der Waals surface area contributed by atoms with E-state index in [0.29, 0.717) is 6.07 Å². The number of carboxylic acids is 1. The van der Waals surface area contributed by atoms with E-state index in [0.717, 1.165) is 12.1 Å². The van der Waals surface area contributed by atoms with Crippen molar-refractivity contribution in [3.8, 4) is 0 Å². The van der Waals surface area contributed by atoms with Crippen LogP contribution in [0, 0.1) is 23.0 Å². The van der Waals surface area contributed by atoms with E-state index in [4.69, 9.17) is 4.74 Å². The van der Waals surface area contributed by atoms with Crippen LogP contribution in [0.2, 0.25) is 0 Å². The van der Waals surface area contributed by atoms with Crippen LogP contribution in [-0.2, 0) is 25.5 Å². The molecule has 6 nitrogen and oxygen atoms in total. The van der Waals surface area contributed by atoms with Gasteiger partial charge in [0.05, 0.1) is 19.4 Å². The molecule has 2 N–H and O–H groups in total. The topological polar surface area (TPSA) is 92.7 Å². The Balaban J connectivity index is 2.88. The maximum absolute atomic E-state index is 13.2. The molecular formula is C18H23F2NO5. The third-order valence-corrected chi connectivity index (χ3v) is 3.92. The first-order chi connectivity index (χ1) is 11.9. The largest absolute Gasteiger partial charge is 0.480 e. The Kier molecular flexibility index (Phi) is 7.23. The third kappa shape index (κ3) is 6.42. The number of nitrogens with one attached hydrogen (secondary N) is 1. The molecule has 0 spiro atoms. The van der Waals surface area contributed by atoms with Crippen molar-refractivity contribution >= 4 is 17.8 Å². The molecule has 144 valence electrons. The van der Waals surface area contributed by atoms with Crippen molar-refractivity contribution in [2.24, 2.45) is 11.3 Å². The standard InChI is InChI=1S/C18H23F2NO5/c1-18(2,3)13(17(25)26-4)9-14(16(23)24)21-15(22)7-10-5-11(19)8-12(20)6-10/h5-6,8,13-14H,7,9H2,1-4H3,(H,21,22)(H,23,24)/t13?,14-/m1/s1. The monoisotopic (exact) mass is 371 g/mol. The Morgan fingerprint density at radius 1 is 1.15 bits per heavy atom. The van der Waals surface area contributed by atoms with Crippen molar-refractivity contribution < 1.29 is 33.0 Å². The number of carboxylic acid groups (broad SMARTS) is 1. The molecule has 0 heterocycles. The van der Waals surface area contributed by atoms with Crippen LogP contribution < -0.4 is 5.32 Å². The summed E-state index contributed by atoms with van der Waals surface area (Å²) < 4.78 is 31.1. The first kappa shape index (κ1) is 21.5. The highest BCUT2D eigenvalue weighted by Gasteiger charge is 2.36. The maximum Gasteiger partial charge on any atom is 0.326 e. The van der Waals surface area contributed by atoms with Crippen LogP contribution >= 0.6 is 0 Å². The summed E-state index contributed by atoms with van der Waals surface area (Å²) in [5.41, 5.74) is -0.513. The van der Waals surface area contributed by atoms with Crippen LogP contribution in [0.1, 0.15) is 32.8 Å². The quantitative estimate of drug-likeness (QED) is 0.718. The lowest BCUT2D eigenvalue weighted by Crippen LogP contribution is -2.45. The second kappa shape index (κ2) is 8.73. The second-order valence-corrected chi connectivity index (χ2v) is 7.09. The van der Waals surface area contributed by atoms with Crippen LogP contribution in [-0.4, -0.2) is 36.1 Å². The average Bonchev–Trinajstić information content (AvgIpc) is 2.47. The third-order valence-electron chi connectivity index (χ3n) is 3.92. The molecular weight excluding hydrogens is 348 g/mol. The number of hydrogen-bond acceptors (Lipinski definition) is 4. The molecule has 0 aromatic heterocycles. The number of carbonyl (C=O) groups is 3. The van der Waals surface area contributed by atoms with Gasteiger partial charge in [-0.2, -0.15) is 0 Å². The van der Waals surface area contributed by atoms with E-state index in [1.165, 1.54) is 7.11 Å². The molecule has 0 aliphatic rings.